The number of sulfone groups is 2. The Balaban J connectivity index is 0.00000484. The maximum absolute atomic E-state index is 12.4. The summed E-state index contributed by atoms with van der Waals surface area (Å²) in [7, 11) is -12.4. The SMILES string of the molecule is Cc1cc(S(=O)(=O)C(F)(F)F)cc(S(=O)(=O)C(F)(F)F)c1[O-].[Li+]. The van der Waals surface area contributed by atoms with Crippen LogP contribution in [0.1, 0.15) is 5.56 Å². The average Bonchev–Trinajstić information content (AvgIpc) is 2.28. The second-order valence-electron chi connectivity index (χ2n) is 3.97. The Kier molecular flexibility index (Phi) is 5.95. The first-order chi connectivity index (χ1) is 9.53. The van der Waals surface area contributed by atoms with Crippen LogP contribution in [0.25, 0.3) is 0 Å². The van der Waals surface area contributed by atoms with Crippen LogP contribution in [-0.2, 0) is 19.7 Å². The van der Waals surface area contributed by atoms with Crippen molar-refractivity contribution in [2.24, 2.45) is 0 Å². The molecule has 0 N–H and O–H groups in total. The molecule has 1 aromatic carbocycles. The molecule has 0 amide bonds. The molecule has 0 bridgehead atoms. The Morgan fingerprint density at radius 2 is 1.26 bits per heavy atom. The third kappa shape index (κ3) is 3.78. The van der Waals surface area contributed by atoms with E-state index in [4.69, 9.17) is 0 Å². The Labute approximate surface area is 138 Å². The van der Waals surface area contributed by atoms with Gasteiger partial charge in [-0.2, -0.15) is 26.3 Å². The van der Waals surface area contributed by atoms with Gasteiger partial charge >= 0.3 is 29.9 Å². The smallest absolute Gasteiger partial charge is 0.871 e. The first-order valence-corrected chi connectivity index (χ1v) is 7.94. The first kappa shape index (κ1) is 22.1. The van der Waals surface area contributed by atoms with Crippen molar-refractivity contribution in [3.8, 4) is 5.75 Å². The fourth-order valence-electron chi connectivity index (χ4n) is 1.32. The molecule has 0 radical (unpaired) electrons. The van der Waals surface area contributed by atoms with Gasteiger partial charge in [-0.05, 0) is 19.1 Å². The van der Waals surface area contributed by atoms with Crippen LogP contribution in [0.2, 0.25) is 0 Å². The van der Waals surface area contributed by atoms with E-state index in [9.17, 15) is 48.3 Å². The summed E-state index contributed by atoms with van der Waals surface area (Å²) in [5, 5.41) is 11.4. The van der Waals surface area contributed by atoms with E-state index < -0.39 is 57.9 Å². The van der Waals surface area contributed by atoms with Gasteiger partial charge in [0.1, 0.15) is 0 Å². The van der Waals surface area contributed by atoms with E-state index in [2.05, 4.69) is 0 Å². The van der Waals surface area contributed by atoms with E-state index in [-0.39, 0.29) is 24.9 Å². The van der Waals surface area contributed by atoms with Crippen molar-refractivity contribution in [1.82, 2.24) is 0 Å². The molecular formula is C9H5F6LiO5S2. The topological polar surface area (TPSA) is 91.3 Å². The second-order valence-corrected chi connectivity index (χ2v) is 7.82. The normalized spacial score (nSPS) is 13.5. The number of rotatable bonds is 2. The molecule has 126 valence electrons. The minimum Gasteiger partial charge on any atom is -0.871 e. The molecule has 0 aliphatic rings. The molecule has 23 heavy (non-hydrogen) atoms. The van der Waals surface area contributed by atoms with Crippen molar-refractivity contribution >= 4 is 19.7 Å². The Morgan fingerprint density at radius 1 is 0.870 bits per heavy atom. The summed E-state index contributed by atoms with van der Waals surface area (Å²) < 4.78 is 119. The average molecular weight is 378 g/mol. The van der Waals surface area contributed by atoms with Crippen molar-refractivity contribution in [2.75, 3.05) is 0 Å². The van der Waals surface area contributed by atoms with Crippen LogP contribution in [0.5, 0.6) is 5.75 Å². The Hall–Kier alpha value is -0.903. The van der Waals surface area contributed by atoms with Gasteiger partial charge < -0.3 is 5.11 Å². The van der Waals surface area contributed by atoms with Crippen molar-refractivity contribution in [1.29, 1.82) is 0 Å². The van der Waals surface area contributed by atoms with Gasteiger partial charge in [0.05, 0.1) is 9.79 Å². The zero-order valence-corrected chi connectivity index (χ0v) is 12.9. The molecule has 5 nitrogen and oxygen atoms in total. The summed E-state index contributed by atoms with van der Waals surface area (Å²) in [6, 6.07) is -0.290. The Morgan fingerprint density at radius 3 is 1.61 bits per heavy atom. The number of aryl methyl sites for hydroxylation is 1. The van der Waals surface area contributed by atoms with Crippen LogP contribution in [-0.4, -0.2) is 27.9 Å². The third-order valence-electron chi connectivity index (χ3n) is 2.42. The molecule has 0 aliphatic heterocycles. The molecule has 1 rings (SSSR count). The zero-order valence-electron chi connectivity index (χ0n) is 11.3. The first-order valence-electron chi connectivity index (χ1n) is 4.98. The molecule has 0 atom stereocenters. The number of hydrogen-bond acceptors (Lipinski definition) is 5. The quantitative estimate of drug-likeness (QED) is 0.469. The molecule has 0 saturated carbocycles. The maximum atomic E-state index is 12.4. The van der Waals surface area contributed by atoms with Gasteiger partial charge in [-0.3, -0.25) is 0 Å². The molecular weight excluding hydrogens is 373 g/mol. The summed E-state index contributed by atoms with van der Waals surface area (Å²) in [5.41, 5.74) is -12.7. The van der Waals surface area contributed by atoms with Crippen molar-refractivity contribution < 1.29 is 67.1 Å². The van der Waals surface area contributed by atoms with Crippen molar-refractivity contribution in [2.45, 2.75) is 27.7 Å². The van der Waals surface area contributed by atoms with Gasteiger partial charge in [0.25, 0.3) is 19.7 Å². The molecule has 0 unspecified atom stereocenters. The summed E-state index contributed by atoms with van der Waals surface area (Å²) >= 11 is 0. The van der Waals surface area contributed by atoms with Gasteiger partial charge in [0, 0.05) is 0 Å². The molecule has 0 saturated heterocycles. The molecule has 0 heterocycles. The monoisotopic (exact) mass is 378 g/mol. The fourth-order valence-corrected chi connectivity index (χ4v) is 3.21. The summed E-state index contributed by atoms with van der Waals surface area (Å²) in [6.07, 6.45) is 0. The summed E-state index contributed by atoms with van der Waals surface area (Å²) in [5.74, 6) is -1.74. The van der Waals surface area contributed by atoms with E-state index in [0.717, 1.165) is 0 Å². The number of alkyl halides is 6. The predicted molar refractivity (Wildman–Crippen MR) is 57.1 cm³/mol. The molecule has 14 heteroatoms. The summed E-state index contributed by atoms with van der Waals surface area (Å²) in [4.78, 5) is -3.84. The van der Waals surface area contributed by atoms with Crippen LogP contribution in [0.15, 0.2) is 21.9 Å². The zero-order chi connectivity index (χ0) is 17.7. The number of halogens is 6. The van der Waals surface area contributed by atoms with E-state index in [1.807, 2.05) is 0 Å². The molecule has 1 aromatic rings. The number of benzene rings is 1. The van der Waals surface area contributed by atoms with Crippen LogP contribution in [0.3, 0.4) is 0 Å². The van der Waals surface area contributed by atoms with E-state index in [1.54, 1.807) is 0 Å². The minimum absolute atomic E-state index is 0. The standard InChI is InChI=1S/C9H6F6O5S2.Li/c1-4-2-5(21(17,18)8(10,11)12)3-6(7(4)16)22(19,20)9(13,14)15;/h2-3,16H,1H3;/q;+1/p-1. The third-order valence-corrected chi connectivity index (χ3v) is 5.38. The fraction of sp³-hybridized carbons (Fsp3) is 0.333. The van der Waals surface area contributed by atoms with E-state index in [0.29, 0.717) is 6.92 Å². The van der Waals surface area contributed by atoms with Crippen LogP contribution in [0.4, 0.5) is 26.3 Å². The van der Waals surface area contributed by atoms with Crippen LogP contribution < -0.4 is 24.0 Å². The van der Waals surface area contributed by atoms with Gasteiger partial charge in [0.15, 0.2) is 0 Å². The molecule has 0 aromatic heterocycles. The number of hydrogen-bond donors (Lipinski definition) is 0. The van der Waals surface area contributed by atoms with Gasteiger partial charge in [-0.25, -0.2) is 16.8 Å². The van der Waals surface area contributed by atoms with Gasteiger partial charge in [-0.1, -0.05) is 11.3 Å². The van der Waals surface area contributed by atoms with Crippen molar-refractivity contribution in [3.63, 3.8) is 0 Å². The van der Waals surface area contributed by atoms with Crippen LogP contribution >= 0.6 is 0 Å². The molecule has 0 fully saturated rings. The maximum Gasteiger partial charge on any atom is 1.00 e. The minimum atomic E-state index is -6.30. The van der Waals surface area contributed by atoms with E-state index >= 15 is 0 Å². The van der Waals surface area contributed by atoms with Crippen molar-refractivity contribution in [3.05, 3.63) is 17.7 Å². The van der Waals surface area contributed by atoms with E-state index in [1.165, 1.54) is 0 Å². The van der Waals surface area contributed by atoms with Gasteiger partial charge in [-0.15, -0.1) is 0 Å². The van der Waals surface area contributed by atoms with Gasteiger partial charge in [0.2, 0.25) is 0 Å². The second kappa shape index (κ2) is 6.19. The largest absolute Gasteiger partial charge is 1.00 e. The Bertz CT molecular complexity index is 810. The molecule has 0 spiro atoms. The predicted octanol–water partition coefficient (Wildman–Crippen LogP) is -1.34. The summed E-state index contributed by atoms with van der Waals surface area (Å²) in [6.45, 7) is 0.688. The van der Waals surface area contributed by atoms with Crippen LogP contribution in [0, 0.1) is 6.92 Å². The molecule has 0 aliphatic carbocycles.